The van der Waals surface area contributed by atoms with Gasteiger partial charge in [0.2, 0.25) is 0 Å². The van der Waals surface area contributed by atoms with Crippen LogP contribution >= 0.6 is 27.5 Å². The maximum Gasteiger partial charge on any atom is 0.131 e. The molecule has 0 aliphatic carbocycles. The van der Waals surface area contributed by atoms with Crippen molar-refractivity contribution < 1.29 is 8.78 Å². The van der Waals surface area contributed by atoms with Gasteiger partial charge in [-0.3, -0.25) is 4.98 Å². The van der Waals surface area contributed by atoms with E-state index in [0.29, 0.717) is 4.47 Å². The molecule has 1 aromatic carbocycles. The first-order valence-electron chi connectivity index (χ1n) is 5.68. The van der Waals surface area contributed by atoms with Crippen molar-refractivity contribution in [3.05, 3.63) is 63.4 Å². The van der Waals surface area contributed by atoms with E-state index in [9.17, 15) is 8.78 Å². The smallest absolute Gasteiger partial charge is 0.131 e. The molecule has 0 bridgehead atoms. The van der Waals surface area contributed by atoms with E-state index in [1.54, 1.807) is 6.20 Å². The molecule has 0 radical (unpaired) electrons. The van der Waals surface area contributed by atoms with Crippen molar-refractivity contribution in [2.24, 2.45) is 0 Å². The van der Waals surface area contributed by atoms with Crippen LogP contribution in [0.15, 0.2) is 34.9 Å². The van der Waals surface area contributed by atoms with E-state index >= 15 is 0 Å². The van der Waals surface area contributed by atoms with Crippen molar-refractivity contribution in [2.45, 2.75) is 18.7 Å². The molecule has 0 aliphatic heterocycles. The fourth-order valence-electron chi connectivity index (χ4n) is 1.86. The van der Waals surface area contributed by atoms with E-state index in [4.69, 9.17) is 11.6 Å². The zero-order valence-electron chi connectivity index (χ0n) is 10.1. The van der Waals surface area contributed by atoms with Crippen LogP contribution in [0.4, 0.5) is 8.78 Å². The third-order valence-electron chi connectivity index (χ3n) is 2.85. The number of alkyl halides is 1. The first kappa shape index (κ1) is 14.4. The van der Waals surface area contributed by atoms with Crippen LogP contribution in [0.25, 0.3) is 0 Å². The summed E-state index contributed by atoms with van der Waals surface area (Å²) in [5.74, 6) is -1.30. The number of nitrogens with zero attached hydrogens (tertiary/aromatic N) is 1. The standard InChI is InChI=1S/C14H11BrClF2N/c1-8-3-2-4-19-13(8)7-10(16)14-11(17)5-9(15)6-12(14)18/h2-6,10H,7H2,1H3. The molecule has 0 spiro atoms. The topological polar surface area (TPSA) is 12.9 Å². The minimum Gasteiger partial charge on any atom is -0.261 e. The summed E-state index contributed by atoms with van der Waals surface area (Å²) in [6.07, 6.45) is 1.92. The number of aryl methyl sites for hydroxylation is 1. The zero-order chi connectivity index (χ0) is 14.0. The summed E-state index contributed by atoms with van der Waals surface area (Å²) in [5, 5.41) is -0.790. The summed E-state index contributed by atoms with van der Waals surface area (Å²) in [5.41, 5.74) is 1.57. The Balaban J connectivity index is 2.31. The molecule has 0 amide bonds. The molecule has 5 heteroatoms. The van der Waals surface area contributed by atoms with Crippen molar-refractivity contribution >= 4 is 27.5 Å². The second kappa shape index (κ2) is 5.97. The number of halogens is 4. The highest BCUT2D eigenvalue weighted by molar-refractivity contribution is 9.10. The SMILES string of the molecule is Cc1cccnc1CC(Cl)c1c(F)cc(Br)cc1F. The molecular formula is C14H11BrClF2N. The van der Waals surface area contributed by atoms with Crippen LogP contribution < -0.4 is 0 Å². The summed E-state index contributed by atoms with van der Waals surface area (Å²) in [6, 6.07) is 6.11. The molecule has 0 fully saturated rings. The van der Waals surface area contributed by atoms with Gasteiger partial charge in [0.1, 0.15) is 11.6 Å². The molecule has 0 saturated heterocycles. The van der Waals surface area contributed by atoms with Gasteiger partial charge in [-0.05, 0) is 30.7 Å². The molecule has 19 heavy (non-hydrogen) atoms. The molecule has 1 unspecified atom stereocenters. The minimum absolute atomic E-state index is 0.116. The summed E-state index contributed by atoms with van der Waals surface area (Å²) in [6.45, 7) is 1.89. The Morgan fingerprint density at radius 3 is 2.53 bits per heavy atom. The van der Waals surface area contributed by atoms with Gasteiger partial charge in [-0.15, -0.1) is 11.6 Å². The molecule has 2 rings (SSSR count). The van der Waals surface area contributed by atoms with Crippen LogP contribution in [-0.2, 0) is 6.42 Å². The van der Waals surface area contributed by atoms with Gasteiger partial charge in [0.25, 0.3) is 0 Å². The van der Waals surface area contributed by atoms with E-state index < -0.39 is 17.0 Å². The molecule has 100 valence electrons. The average molecular weight is 347 g/mol. The van der Waals surface area contributed by atoms with Gasteiger partial charge in [0.05, 0.1) is 5.38 Å². The Morgan fingerprint density at radius 1 is 1.32 bits per heavy atom. The Hall–Kier alpha value is -1.00. The van der Waals surface area contributed by atoms with Gasteiger partial charge in [-0.1, -0.05) is 22.0 Å². The van der Waals surface area contributed by atoms with E-state index in [2.05, 4.69) is 20.9 Å². The predicted octanol–water partition coefficient (Wildman–Crippen LogP) is 4.95. The fraction of sp³-hybridized carbons (Fsp3) is 0.214. The van der Waals surface area contributed by atoms with Crippen molar-refractivity contribution in [1.29, 1.82) is 0 Å². The van der Waals surface area contributed by atoms with Gasteiger partial charge in [0.15, 0.2) is 0 Å². The van der Waals surface area contributed by atoms with Gasteiger partial charge < -0.3 is 0 Å². The number of hydrogen-bond acceptors (Lipinski definition) is 1. The number of rotatable bonds is 3. The Labute approximate surface area is 123 Å². The monoisotopic (exact) mass is 345 g/mol. The largest absolute Gasteiger partial charge is 0.261 e. The number of aromatic nitrogens is 1. The normalized spacial score (nSPS) is 12.5. The molecule has 0 N–H and O–H groups in total. The van der Waals surface area contributed by atoms with E-state index in [0.717, 1.165) is 11.3 Å². The lowest BCUT2D eigenvalue weighted by atomic mass is 10.0. The minimum atomic E-state index is -0.790. The number of pyridine rings is 1. The maximum absolute atomic E-state index is 13.8. The first-order chi connectivity index (χ1) is 8.99. The van der Waals surface area contributed by atoms with Crippen molar-refractivity contribution in [2.75, 3.05) is 0 Å². The molecule has 1 aromatic heterocycles. The molecule has 1 nitrogen and oxygen atoms in total. The number of hydrogen-bond donors (Lipinski definition) is 0. The molecule has 0 aliphatic rings. The van der Waals surface area contributed by atoms with E-state index in [-0.39, 0.29) is 12.0 Å². The van der Waals surface area contributed by atoms with Crippen LogP contribution in [0.2, 0.25) is 0 Å². The van der Waals surface area contributed by atoms with Crippen LogP contribution in [0, 0.1) is 18.6 Å². The lowest BCUT2D eigenvalue weighted by molar-refractivity contribution is 0.548. The lowest BCUT2D eigenvalue weighted by Crippen LogP contribution is -2.05. The molecular weight excluding hydrogens is 336 g/mol. The van der Waals surface area contributed by atoms with Crippen LogP contribution in [0.1, 0.15) is 22.2 Å². The second-order valence-electron chi connectivity index (χ2n) is 4.22. The highest BCUT2D eigenvalue weighted by Gasteiger charge is 2.20. The molecule has 1 heterocycles. The van der Waals surface area contributed by atoms with Crippen LogP contribution in [0.5, 0.6) is 0 Å². The van der Waals surface area contributed by atoms with Crippen molar-refractivity contribution in [3.8, 4) is 0 Å². The Kier molecular flexibility index (Phi) is 4.53. The summed E-state index contributed by atoms with van der Waals surface area (Å²) in [4.78, 5) is 4.18. The van der Waals surface area contributed by atoms with Gasteiger partial charge in [0, 0.05) is 28.3 Å². The number of benzene rings is 1. The van der Waals surface area contributed by atoms with Crippen molar-refractivity contribution in [3.63, 3.8) is 0 Å². The summed E-state index contributed by atoms with van der Waals surface area (Å²) in [7, 11) is 0. The quantitative estimate of drug-likeness (QED) is 0.716. The first-order valence-corrected chi connectivity index (χ1v) is 6.91. The highest BCUT2D eigenvalue weighted by atomic mass is 79.9. The molecule has 1 atom stereocenters. The van der Waals surface area contributed by atoms with Gasteiger partial charge >= 0.3 is 0 Å². The predicted molar refractivity (Wildman–Crippen MR) is 75.3 cm³/mol. The fourth-order valence-corrected chi connectivity index (χ4v) is 2.61. The third-order valence-corrected chi connectivity index (χ3v) is 3.68. The van der Waals surface area contributed by atoms with Gasteiger partial charge in [-0.2, -0.15) is 0 Å². The average Bonchev–Trinajstić information content (AvgIpc) is 2.30. The Morgan fingerprint density at radius 2 is 1.95 bits per heavy atom. The van der Waals surface area contributed by atoms with Gasteiger partial charge in [-0.25, -0.2) is 8.78 Å². The molecule has 2 aromatic rings. The van der Waals surface area contributed by atoms with E-state index in [1.807, 2.05) is 19.1 Å². The highest BCUT2D eigenvalue weighted by Crippen LogP contribution is 2.31. The van der Waals surface area contributed by atoms with E-state index in [1.165, 1.54) is 12.1 Å². The lowest BCUT2D eigenvalue weighted by Gasteiger charge is -2.13. The zero-order valence-corrected chi connectivity index (χ0v) is 12.5. The molecule has 0 saturated carbocycles. The van der Waals surface area contributed by atoms with Crippen LogP contribution in [0.3, 0.4) is 0 Å². The van der Waals surface area contributed by atoms with Crippen LogP contribution in [-0.4, -0.2) is 4.98 Å². The van der Waals surface area contributed by atoms with Crippen molar-refractivity contribution in [1.82, 2.24) is 4.98 Å². The summed E-state index contributed by atoms with van der Waals surface area (Å²) >= 11 is 9.18. The maximum atomic E-state index is 13.8. The third kappa shape index (κ3) is 3.31. The Bertz CT molecular complexity index is 581. The second-order valence-corrected chi connectivity index (χ2v) is 5.66. The summed E-state index contributed by atoms with van der Waals surface area (Å²) < 4.78 is 27.9.